The zero-order valence-electron chi connectivity index (χ0n) is 10.2. The van der Waals surface area contributed by atoms with Crippen LogP contribution in [0.4, 0.5) is 9.52 Å². The number of thiazole rings is 1. The molecule has 2 aromatic rings. The van der Waals surface area contributed by atoms with Crippen LogP contribution in [0.2, 0.25) is 0 Å². The van der Waals surface area contributed by atoms with E-state index in [0.717, 1.165) is 23.4 Å². The average molecular weight is 273 g/mol. The largest absolute Gasteiger partial charge is 0.375 e. The van der Waals surface area contributed by atoms with Crippen molar-refractivity contribution in [3.63, 3.8) is 0 Å². The van der Waals surface area contributed by atoms with Crippen LogP contribution in [-0.4, -0.2) is 4.98 Å². The summed E-state index contributed by atoms with van der Waals surface area (Å²) in [7, 11) is 0. The molecule has 19 heavy (non-hydrogen) atoms. The molecule has 0 saturated heterocycles. The van der Waals surface area contributed by atoms with Gasteiger partial charge in [0.1, 0.15) is 5.82 Å². The summed E-state index contributed by atoms with van der Waals surface area (Å²) in [6.07, 6.45) is 2.79. The van der Waals surface area contributed by atoms with Crippen LogP contribution in [0.3, 0.4) is 0 Å². The molecule has 5 heteroatoms. The molecule has 1 aromatic carbocycles. The van der Waals surface area contributed by atoms with Crippen molar-refractivity contribution in [1.29, 1.82) is 5.26 Å². The fourth-order valence-corrected chi connectivity index (χ4v) is 3.06. The van der Waals surface area contributed by atoms with Gasteiger partial charge in [-0.05, 0) is 30.5 Å². The molecule has 1 aromatic heterocycles. The van der Waals surface area contributed by atoms with Crippen LogP contribution in [0.1, 0.15) is 40.5 Å². The number of aromatic nitrogens is 1. The number of rotatable bonds is 3. The third kappa shape index (κ3) is 2.45. The summed E-state index contributed by atoms with van der Waals surface area (Å²) in [5.74, 6) is 0.165. The Morgan fingerprint density at radius 1 is 1.47 bits per heavy atom. The average Bonchev–Trinajstić information content (AvgIpc) is 3.16. The fraction of sp³-hybridized carbons (Fsp3) is 0.286. The molecule has 1 fully saturated rings. The van der Waals surface area contributed by atoms with Gasteiger partial charge in [-0.3, -0.25) is 0 Å². The second-order valence-corrected chi connectivity index (χ2v) is 5.84. The Morgan fingerprint density at radius 2 is 2.26 bits per heavy atom. The first-order chi connectivity index (χ1) is 9.17. The Hall–Kier alpha value is -1.93. The molecule has 96 valence electrons. The standard InChI is InChI=1S/C14H12FN3S/c15-11-5-8(7-16)1-2-10(11)6-12-13(9-3-4-9)18-14(17)19-12/h1-2,5,9H,3-4,6H2,(H2,17,18). The highest BCUT2D eigenvalue weighted by Crippen LogP contribution is 2.43. The Morgan fingerprint density at radius 3 is 2.89 bits per heavy atom. The van der Waals surface area contributed by atoms with Crippen molar-refractivity contribution in [2.75, 3.05) is 5.73 Å². The Labute approximate surface area is 114 Å². The fourth-order valence-electron chi connectivity index (χ4n) is 2.12. The third-order valence-corrected chi connectivity index (χ3v) is 4.14. The molecule has 1 aliphatic carbocycles. The normalized spacial score (nSPS) is 14.3. The molecule has 0 unspecified atom stereocenters. The van der Waals surface area contributed by atoms with Gasteiger partial charge in [0.2, 0.25) is 0 Å². The molecule has 0 radical (unpaired) electrons. The molecular weight excluding hydrogens is 261 g/mol. The van der Waals surface area contributed by atoms with E-state index >= 15 is 0 Å². The highest BCUT2D eigenvalue weighted by atomic mass is 32.1. The van der Waals surface area contributed by atoms with E-state index in [-0.39, 0.29) is 5.82 Å². The van der Waals surface area contributed by atoms with E-state index in [0.29, 0.717) is 28.6 Å². The summed E-state index contributed by atoms with van der Waals surface area (Å²) in [5.41, 5.74) is 7.71. The number of nitriles is 1. The number of anilines is 1. The Balaban J connectivity index is 1.91. The van der Waals surface area contributed by atoms with Crippen molar-refractivity contribution in [2.24, 2.45) is 0 Å². The third-order valence-electron chi connectivity index (χ3n) is 3.24. The molecule has 3 nitrogen and oxygen atoms in total. The molecular formula is C14H12FN3S. The van der Waals surface area contributed by atoms with E-state index in [1.807, 2.05) is 6.07 Å². The summed E-state index contributed by atoms with van der Waals surface area (Å²) in [4.78, 5) is 5.40. The van der Waals surface area contributed by atoms with Crippen LogP contribution >= 0.6 is 11.3 Å². The number of halogens is 1. The van der Waals surface area contributed by atoms with Gasteiger partial charge in [-0.25, -0.2) is 9.37 Å². The molecule has 0 spiro atoms. The summed E-state index contributed by atoms with van der Waals surface area (Å²) in [6, 6.07) is 6.51. The molecule has 3 rings (SSSR count). The zero-order chi connectivity index (χ0) is 13.4. The summed E-state index contributed by atoms with van der Waals surface area (Å²) in [6.45, 7) is 0. The van der Waals surface area contributed by atoms with Gasteiger partial charge in [-0.2, -0.15) is 5.26 Å². The summed E-state index contributed by atoms with van der Waals surface area (Å²) in [5, 5.41) is 9.28. The number of hydrogen-bond donors (Lipinski definition) is 1. The minimum atomic E-state index is -0.340. The monoisotopic (exact) mass is 273 g/mol. The van der Waals surface area contributed by atoms with Gasteiger partial charge in [0.05, 0.1) is 17.3 Å². The maximum absolute atomic E-state index is 13.9. The van der Waals surface area contributed by atoms with Gasteiger partial charge in [0.25, 0.3) is 0 Å². The van der Waals surface area contributed by atoms with E-state index in [4.69, 9.17) is 11.0 Å². The predicted molar refractivity (Wildman–Crippen MR) is 72.4 cm³/mol. The number of nitrogens with zero attached hydrogens (tertiary/aromatic N) is 2. The topological polar surface area (TPSA) is 62.7 Å². The highest BCUT2D eigenvalue weighted by molar-refractivity contribution is 7.15. The molecule has 0 amide bonds. The van der Waals surface area contributed by atoms with Crippen molar-refractivity contribution >= 4 is 16.5 Å². The quantitative estimate of drug-likeness (QED) is 0.934. The Bertz CT molecular complexity index is 668. The van der Waals surface area contributed by atoms with Gasteiger partial charge in [-0.1, -0.05) is 6.07 Å². The Kier molecular flexibility index (Phi) is 2.96. The first-order valence-corrected chi connectivity index (χ1v) is 6.92. The van der Waals surface area contributed by atoms with E-state index in [1.54, 1.807) is 12.1 Å². The van der Waals surface area contributed by atoms with Crippen molar-refractivity contribution < 1.29 is 4.39 Å². The van der Waals surface area contributed by atoms with Crippen molar-refractivity contribution in [2.45, 2.75) is 25.2 Å². The SMILES string of the molecule is N#Cc1ccc(Cc2sc(N)nc2C2CC2)c(F)c1. The lowest BCUT2D eigenvalue weighted by Gasteiger charge is -2.03. The van der Waals surface area contributed by atoms with Crippen LogP contribution in [0.5, 0.6) is 0 Å². The van der Waals surface area contributed by atoms with E-state index in [1.165, 1.54) is 17.4 Å². The van der Waals surface area contributed by atoms with Crippen LogP contribution < -0.4 is 5.73 Å². The maximum Gasteiger partial charge on any atom is 0.180 e. The van der Waals surface area contributed by atoms with Crippen LogP contribution in [-0.2, 0) is 6.42 Å². The van der Waals surface area contributed by atoms with Crippen molar-refractivity contribution in [3.8, 4) is 6.07 Å². The van der Waals surface area contributed by atoms with Gasteiger partial charge in [0.15, 0.2) is 5.13 Å². The number of nitrogens with two attached hydrogens (primary N) is 1. The van der Waals surface area contributed by atoms with Crippen LogP contribution in [0.25, 0.3) is 0 Å². The smallest absolute Gasteiger partial charge is 0.180 e. The lowest BCUT2D eigenvalue weighted by atomic mass is 10.1. The van der Waals surface area contributed by atoms with Gasteiger partial charge in [-0.15, -0.1) is 11.3 Å². The van der Waals surface area contributed by atoms with Gasteiger partial charge in [0, 0.05) is 17.2 Å². The number of hydrogen-bond acceptors (Lipinski definition) is 4. The number of nitrogen functional groups attached to an aromatic ring is 1. The van der Waals surface area contributed by atoms with E-state index in [2.05, 4.69) is 4.98 Å². The van der Waals surface area contributed by atoms with E-state index in [9.17, 15) is 4.39 Å². The first kappa shape index (κ1) is 12.1. The van der Waals surface area contributed by atoms with Gasteiger partial charge >= 0.3 is 0 Å². The van der Waals surface area contributed by atoms with Gasteiger partial charge < -0.3 is 5.73 Å². The minimum absolute atomic E-state index is 0.340. The van der Waals surface area contributed by atoms with Crippen LogP contribution in [0.15, 0.2) is 18.2 Å². The predicted octanol–water partition coefficient (Wildman–Crippen LogP) is 3.20. The minimum Gasteiger partial charge on any atom is -0.375 e. The molecule has 0 bridgehead atoms. The molecule has 0 aliphatic heterocycles. The molecule has 1 saturated carbocycles. The first-order valence-electron chi connectivity index (χ1n) is 6.11. The molecule has 1 heterocycles. The second kappa shape index (κ2) is 4.63. The highest BCUT2D eigenvalue weighted by Gasteiger charge is 2.29. The van der Waals surface area contributed by atoms with Crippen molar-refractivity contribution in [3.05, 3.63) is 45.7 Å². The molecule has 1 aliphatic rings. The lowest BCUT2D eigenvalue weighted by Crippen LogP contribution is -1.95. The van der Waals surface area contributed by atoms with E-state index < -0.39 is 0 Å². The zero-order valence-corrected chi connectivity index (χ0v) is 11.0. The van der Waals surface area contributed by atoms with Crippen molar-refractivity contribution in [1.82, 2.24) is 4.98 Å². The lowest BCUT2D eigenvalue weighted by molar-refractivity contribution is 0.613. The summed E-state index contributed by atoms with van der Waals surface area (Å²) < 4.78 is 13.9. The summed E-state index contributed by atoms with van der Waals surface area (Å²) >= 11 is 1.43. The molecule has 0 atom stereocenters. The van der Waals surface area contributed by atoms with Crippen LogP contribution in [0, 0.1) is 17.1 Å². The second-order valence-electron chi connectivity index (χ2n) is 4.73. The maximum atomic E-state index is 13.9. The number of benzene rings is 1. The molecule has 2 N–H and O–H groups in total.